The summed E-state index contributed by atoms with van der Waals surface area (Å²) < 4.78 is 5.34. The average molecular weight is 320 g/mol. The van der Waals surface area contributed by atoms with Crippen LogP contribution in [-0.2, 0) is 9.53 Å². The molecule has 1 amide bonds. The summed E-state index contributed by atoms with van der Waals surface area (Å²) in [5.74, 6) is 0.0844. The van der Waals surface area contributed by atoms with E-state index >= 15 is 0 Å². The third-order valence-electron chi connectivity index (χ3n) is 4.08. The highest BCUT2D eigenvalue weighted by Gasteiger charge is 2.20. The number of amides is 1. The number of morpholine rings is 1. The highest BCUT2D eigenvalue weighted by atomic mass is 32.1. The number of ether oxygens (including phenoxy) is 1. The minimum atomic E-state index is 0.0613. The molecule has 4 nitrogen and oxygen atoms in total. The molecule has 0 radical (unpaired) electrons. The highest BCUT2D eigenvalue weighted by molar-refractivity contribution is 7.80. The molecule has 1 fully saturated rings. The lowest BCUT2D eigenvalue weighted by molar-refractivity contribution is -0.130. The summed E-state index contributed by atoms with van der Waals surface area (Å²) in [6.07, 6.45) is 0.728. The summed E-state index contributed by atoms with van der Waals surface area (Å²) in [7, 11) is 0. The van der Waals surface area contributed by atoms with E-state index in [1.54, 1.807) is 6.92 Å². The van der Waals surface area contributed by atoms with Crippen LogP contribution in [0.15, 0.2) is 30.3 Å². The van der Waals surface area contributed by atoms with Gasteiger partial charge in [0, 0.05) is 33.0 Å². The maximum Gasteiger partial charge on any atom is 0.219 e. The van der Waals surface area contributed by atoms with Crippen molar-refractivity contribution in [2.45, 2.75) is 26.3 Å². The fourth-order valence-electron chi connectivity index (χ4n) is 2.72. The molecule has 0 unspecified atom stereocenters. The van der Waals surface area contributed by atoms with E-state index in [4.69, 9.17) is 17.0 Å². The Hall–Kier alpha value is -1.46. The number of benzene rings is 1. The fourth-order valence-corrected chi connectivity index (χ4v) is 3.00. The largest absolute Gasteiger partial charge is 0.378 e. The number of carbonyl (C=O) groups is 1. The third-order valence-corrected chi connectivity index (χ3v) is 4.55. The quantitative estimate of drug-likeness (QED) is 0.781. The lowest BCUT2D eigenvalue weighted by Gasteiger charge is -2.32. The summed E-state index contributed by atoms with van der Waals surface area (Å²) in [5.41, 5.74) is 1.15. The highest BCUT2D eigenvalue weighted by Crippen LogP contribution is 2.20. The zero-order valence-electron chi connectivity index (χ0n) is 13.3. The standard InChI is InChI=1S/C17H24N2O2S/c1-14(16-6-4-3-5-7-16)19(15(2)20)9-8-17(22)18-10-12-21-13-11-18/h3-7,14H,8-13H2,1-2H3/t14-/m0/s1. The molecule has 0 saturated carbocycles. The zero-order valence-corrected chi connectivity index (χ0v) is 14.1. The van der Waals surface area contributed by atoms with Crippen molar-refractivity contribution in [3.8, 4) is 0 Å². The fraction of sp³-hybridized carbons (Fsp3) is 0.529. The molecule has 2 rings (SSSR count). The lowest BCUT2D eigenvalue weighted by atomic mass is 10.1. The van der Waals surface area contributed by atoms with Crippen LogP contribution in [0.5, 0.6) is 0 Å². The van der Waals surface area contributed by atoms with E-state index in [1.807, 2.05) is 23.1 Å². The summed E-state index contributed by atoms with van der Waals surface area (Å²) in [5, 5.41) is 0. The van der Waals surface area contributed by atoms with Gasteiger partial charge in [-0.15, -0.1) is 0 Å². The van der Waals surface area contributed by atoms with E-state index < -0.39 is 0 Å². The van der Waals surface area contributed by atoms with Gasteiger partial charge in [0.25, 0.3) is 0 Å². The zero-order chi connectivity index (χ0) is 15.9. The van der Waals surface area contributed by atoms with E-state index in [2.05, 4.69) is 24.0 Å². The second-order valence-electron chi connectivity index (χ2n) is 5.54. The van der Waals surface area contributed by atoms with Crippen LogP contribution in [-0.4, -0.2) is 53.5 Å². The van der Waals surface area contributed by atoms with Crippen molar-refractivity contribution in [1.29, 1.82) is 0 Å². The van der Waals surface area contributed by atoms with Gasteiger partial charge in [0.15, 0.2) is 0 Å². The normalized spacial score (nSPS) is 16.2. The lowest BCUT2D eigenvalue weighted by Crippen LogP contribution is -2.42. The Bertz CT molecular complexity index is 501. The van der Waals surface area contributed by atoms with E-state index in [1.165, 1.54) is 0 Å². The van der Waals surface area contributed by atoms with E-state index in [9.17, 15) is 4.79 Å². The molecule has 1 saturated heterocycles. The number of carbonyl (C=O) groups excluding carboxylic acids is 1. The second-order valence-corrected chi connectivity index (χ2v) is 6.01. The molecule has 1 aliphatic heterocycles. The molecule has 22 heavy (non-hydrogen) atoms. The van der Waals surface area contributed by atoms with Crippen molar-refractivity contribution in [2.75, 3.05) is 32.8 Å². The van der Waals surface area contributed by atoms with Crippen molar-refractivity contribution in [1.82, 2.24) is 9.80 Å². The van der Waals surface area contributed by atoms with Gasteiger partial charge in [0.2, 0.25) is 5.91 Å². The Morgan fingerprint density at radius 1 is 1.32 bits per heavy atom. The third kappa shape index (κ3) is 4.52. The molecule has 1 aliphatic rings. The molecule has 1 heterocycles. The number of nitrogens with zero attached hydrogens (tertiary/aromatic N) is 2. The molecule has 0 bridgehead atoms. The maximum atomic E-state index is 12.0. The first-order valence-electron chi connectivity index (χ1n) is 7.77. The SMILES string of the molecule is CC(=O)N(CCC(=S)N1CCOCC1)[C@@H](C)c1ccccc1. The smallest absolute Gasteiger partial charge is 0.219 e. The Balaban J connectivity index is 1.94. The molecule has 1 aromatic rings. The average Bonchev–Trinajstić information content (AvgIpc) is 2.56. The summed E-state index contributed by atoms with van der Waals surface area (Å²) in [4.78, 5) is 17.0. The topological polar surface area (TPSA) is 32.8 Å². The van der Waals surface area contributed by atoms with Crippen LogP contribution < -0.4 is 0 Å². The minimum Gasteiger partial charge on any atom is -0.378 e. The predicted molar refractivity (Wildman–Crippen MR) is 91.9 cm³/mol. The maximum absolute atomic E-state index is 12.0. The van der Waals surface area contributed by atoms with Gasteiger partial charge in [-0.05, 0) is 12.5 Å². The first-order valence-corrected chi connectivity index (χ1v) is 8.18. The van der Waals surface area contributed by atoms with Gasteiger partial charge in [0.05, 0.1) is 24.2 Å². The Morgan fingerprint density at radius 2 is 1.95 bits per heavy atom. The summed E-state index contributed by atoms with van der Waals surface area (Å²) in [6, 6.07) is 10.2. The molecule has 1 aromatic carbocycles. The van der Waals surface area contributed by atoms with Gasteiger partial charge in [-0.25, -0.2) is 0 Å². The van der Waals surface area contributed by atoms with E-state index in [0.717, 1.165) is 43.3 Å². The summed E-state index contributed by atoms with van der Waals surface area (Å²) >= 11 is 5.51. The van der Waals surface area contributed by atoms with Gasteiger partial charge in [-0.2, -0.15) is 0 Å². The minimum absolute atomic E-state index is 0.0613. The van der Waals surface area contributed by atoms with Crippen LogP contribution in [0.2, 0.25) is 0 Å². The van der Waals surface area contributed by atoms with Crippen molar-refractivity contribution in [3.05, 3.63) is 35.9 Å². The molecule has 0 N–H and O–H groups in total. The number of rotatable bonds is 5. The predicted octanol–water partition coefficient (Wildman–Crippen LogP) is 2.65. The van der Waals surface area contributed by atoms with E-state index in [-0.39, 0.29) is 11.9 Å². The van der Waals surface area contributed by atoms with Crippen molar-refractivity contribution < 1.29 is 9.53 Å². The van der Waals surface area contributed by atoms with Crippen molar-refractivity contribution in [2.24, 2.45) is 0 Å². The number of thiocarbonyl (C=S) groups is 1. The first-order chi connectivity index (χ1) is 10.6. The van der Waals surface area contributed by atoms with Gasteiger partial charge in [-0.1, -0.05) is 42.5 Å². The van der Waals surface area contributed by atoms with Crippen LogP contribution in [0.1, 0.15) is 31.9 Å². The van der Waals surface area contributed by atoms with Crippen molar-refractivity contribution >= 4 is 23.1 Å². The second kappa shape index (κ2) is 8.25. The van der Waals surface area contributed by atoms with Gasteiger partial charge in [-0.3, -0.25) is 4.79 Å². The number of hydrogen-bond acceptors (Lipinski definition) is 3. The molecule has 5 heteroatoms. The van der Waals surface area contributed by atoms with Crippen LogP contribution in [0.25, 0.3) is 0 Å². The molecule has 120 valence electrons. The van der Waals surface area contributed by atoms with Crippen LogP contribution in [0.4, 0.5) is 0 Å². The Labute approximate surface area is 138 Å². The molecule has 1 atom stereocenters. The van der Waals surface area contributed by atoms with Gasteiger partial charge < -0.3 is 14.5 Å². The van der Waals surface area contributed by atoms with Gasteiger partial charge in [0.1, 0.15) is 0 Å². The Morgan fingerprint density at radius 3 is 2.55 bits per heavy atom. The monoisotopic (exact) mass is 320 g/mol. The molecule has 0 aliphatic carbocycles. The molecule has 0 aromatic heterocycles. The molecular weight excluding hydrogens is 296 g/mol. The van der Waals surface area contributed by atoms with Gasteiger partial charge >= 0.3 is 0 Å². The number of hydrogen-bond donors (Lipinski definition) is 0. The molecular formula is C17H24N2O2S. The Kier molecular flexibility index (Phi) is 6.34. The van der Waals surface area contributed by atoms with Crippen LogP contribution >= 0.6 is 12.2 Å². The van der Waals surface area contributed by atoms with Crippen LogP contribution in [0.3, 0.4) is 0 Å². The van der Waals surface area contributed by atoms with Crippen LogP contribution in [0, 0.1) is 0 Å². The first kappa shape index (κ1) is 16.9. The van der Waals surface area contributed by atoms with Crippen molar-refractivity contribution in [3.63, 3.8) is 0 Å². The summed E-state index contributed by atoms with van der Waals surface area (Å²) in [6.45, 7) is 7.52. The molecule has 0 spiro atoms. The van der Waals surface area contributed by atoms with E-state index in [0.29, 0.717) is 6.54 Å².